The first kappa shape index (κ1) is 11.5. The third kappa shape index (κ3) is 2.21. The van der Waals surface area contributed by atoms with Crippen LogP contribution in [0.4, 0.5) is 5.00 Å². The maximum Gasteiger partial charge on any atom is 0.345 e. The van der Waals surface area contributed by atoms with Crippen LogP contribution >= 0.6 is 11.3 Å². The van der Waals surface area contributed by atoms with Crippen LogP contribution in [0.1, 0.15) is 29.9 Å². The van der Waals surface area contributed by atoms with Crippen LogP contribution in [0.5, 0.6) is 0 Å². The van der Waals surface area contributed by atoms with Gasteiger partial charge in [-0.05, 0) is 30.4 Å². The molecule has 1 aliphatic heterocycles. The Bertz CT molecular complexity index is 386. The summed E-state index contributed by atoms with van der Waals surface area (Å²) in [7, 11) is 0. The highest BCUT2D eigenvalue weighted by Gasteiger charge is 2.26. The van der Waals surface area contributed by atoms with E-state index >= 15 is 0 Å². The predicted molar refractivity (Wildman–Crippen MR) is 66.4 cm³/mol. The number of carbonyl (C=O) groups is 1. The number of hydrogen-bond acceptors (Lipinski definition) is 3. The van der Waals surface area contributed by atoms with Crippen molar-refractivity contribution in [1.29, 1.82) is 0 Å². The van der Waals surface area contributed by atoms with E-state index in [1.807, 2.05) is 6.07 Å². The van der Waals surface area contributed by atoms with E-state index < -0.39 is 5.97 Å². The van der Waals surface area contributed by atoms with Gasteiger partial charge in [0, 0.05) is 13.1 Å². The molecule has 1 N–H and O–H groups in total. The van der Waals surface area contributed by atoms with Gasteiger partial charge in [0.1, 0.15) is 4.88 Å². The van der Waals surface area contributed by atoms with Crippen molar-refractivity contribution in [1.82, 2.24) is 0 Å². The van der Waals surface area contributed by atoms with Crippen LogP contribution in [0.15, 0.2) is 12.1 Å². The van der Waals surface area contributed by atoms with Gasteiger partial charge >= 0.3 is 5.97 Å². The second-order valence-electron chi connectivity index (χ2n) is 4.68. The maximum absolute atomic E-state index is 10.8. The molecule has 2 rings (SSSR count). The third-order valence-corrected chi connectivity index (χ3v) is 4.42. The highest BCUT2D eigenvalue weighted by atomic mass is 32.1. The van der Waals surface area contributed by atoms with E-state index in [2.05, 4.69) is 18.7 Å². The van der Waals surface area contributed by atoms with Gasteiger partial charge in [0.25, 0.3) is 0 Å². The molecular formula is C12H17NO2S. The zero-order chi connectivity index (χ0) is 11.7. The summed E-state index contributed by atoms with van der Waals surface area (Å²) in [5.41, 5.74) is 0. The molecular weight excluding hydrogens is 222 g/mol. The SMILES string of the molecule is CC(C)C1CCN(c2ccc(C(=O)O)s2)C1. The molecule has 0 bridgehead atoms. The summed E-state index contributed by atoms with van der Waals surface area (Å²) in [4.78, 5) is 13.5. The molecule has 1 aromatic rings. The van der Waals surface area contributed by atoms with Crippen molar-refractivity contribution >= 4 is 22.3 Å². The van der Waals surface area contributed by atoms with Gasteiger partial charge < -0.3 is 10.0 Å². The predicted octanol–water partition coefficient (Wildman–Crippen LogP) is 2.93. The zero-order valence-electron chi connectivity index (χ0n) is 9.64. The van der Waals surface area contributed by atoms with Crippen molar-refractivity contribution in [2.45, 2.75) is 20.3 Å². The lowest BCUT2D eigenvalue weighted by molar-refractivity contribution is 0.0702. The fraction of sp³-hybridized carbons (Fsp3) is 0.583. The molecule has 0 spiro atoms. The van der Waals surface area contributed by atoms with E-state index in [1.54, 1.807) is 6.07 Å². The second-order valence-corrected chi connectivity index (χ2v) is 5.74. The standard InChI is InChI=1S/C12H17NO2S/c1-8(2)9-5-6-13(7-9)11-4-3-10(16-11)12(14)15/h3-4,8-9H,5-7H2,1-2H3,(H,14,15). The number of carboxylic acid groups (broad SMARTS) is 1. The normalized spacial score (nSPS) is 20.7. The van der Waals surface area contributed by atoms with E-state index in [-0.39, 0.29) is 0 Å². The topological polar surface area (TPSA) is 40.5 Å². The zero-order valence-corrected chi connectivity index (χ0v) is 10.5. The molecule has 1 saturated heterocycles. The largest absolute Gasteiger partial charge is 0.477 e. The first-order valence-corrected chi connectivity index (χ1v) is 6.47. The van der Waals surface area contributed by atoms with E-state index in [4.69, 9.17) is 5.11 Å². The Morgan fingerprint density at radius 3 is 2.81 bits per heavy atom. The molecule has 3 nitrogen and oxygen atoms in total. The third-order valence-electron chi connectivity index (χ3n) is 3.28. The minimum Gasteiger partial charge on any atom is -0.477 e. The number of carboxylic acids is 1. The number of nitrogens with zero attached hydrogens (tertiary/aromatic N) is 1. The molecule has 0 radical (unpaired) electrons. The van der Waals surface area contributed by atoms with Crippen LogP contribution < -0.4 is 4.90 Å². The highest BCUT2D eigenvalue weighted by molar-refractivity contribution is 7.17. The minimum atomic E-state index is -0.823. The number of thiophene rings is 1. The average Bonchev–Trinajstić information content (AvgIpc) is 2.86. The second kappa shape index (κ2) is 4.45. The van der Waals surface area contributed by atoms with Gasteiger partial charge in [-0.1, -0.05) is 13.8 Å². The van der Waals surface area contributed by atoms with Crippen LogP contribution in [-0.4, -0.2) is 24.2 Å². The quantitative estimate of drug-likeness (QED) is 0.881. The molecule has 2 heterocycles. The number of rotatable bonds is 3. The number of anilines is 1. The van der Waals surface area contributed by atoms with Crippen LogP contribution in [-0.2, 0) is 0 Å². The Balaban J connectivity index is 2.06. The van der Waals surface area contributed by atoms with Gasteiger partial charge in [0.05, 0.1) is 5.00 Å². The van der Waals surface area contributed by atoms with Crippen LogP contribution in [0.3, 0.4) is 0 Å². The fourth-order valence-corrected chi connectivity index (χ4v) is 3.02. The maximum atomic E-state index is 10.8. The van der Waals surface area contributed by atoms with E-state index in [1.165, 1.54) is 17.8 Å². The van der Waals surface area contributed by atoms with E-state index in [0.717, 1.165) is 24.0 Å². The van der Waals surface area contributed by atoms with Crippen molar-refractivity contribution in [3.8, 4) is 0 Å². The number of hydrogen-bond donors (Lipinski definition) is 1. The lowest BCUT2D eigenvalue weighted by Gasteiger charge is -2.17. The minimum absolute atomic E-state index is 0.433. The molecule has 4 heteroatoms. The number of aromatic carboxylic acids is 1. The molecule has 16 heavy (non-hydrogen) atoms. The molecule has 0 aliphatic carbocycles. The Kier molecular flexibility index (Phi) is 3.19. The van der Waals surface area contributed by atoms with Crippen molar-refractivity contribution in [3.05, 3.63) is 17.0 Å². The van der Waals surface area contributed by atoms with Crippen LogP contribution in [0.2, 0.25) is 0 Å². The molecule has 1 unspecified atom stereocenters. The van der Waals surface area contributed by atoms with Gasteiger partial charge in [-0.2, -0.15) is 0 Å². The molecule has 88 valence electrons. The van der Waals surface area contributed by atoms with Gasteiger partial charge in [-0.25, -0.2) is 4.79 Å². The van der Waals surface area contributed by atoms with Crippen LogP contribution in [0, 0.1) is 11.8 Å². The summed E-state index contributed by atoms with van der Waals surface area (Å²) in [6.45, 7) is 6.64. The Labute approximate surface area is 99.7 Å². The van der Waals surface area contributed by atoms with Crippen LogP contribution in [0.25, 0.3) is 0 Å². The smallest absolute Gasteiger partial charge is 0.345 e. The van der Waals surface area contributed by atoms with E-state index in [0.29, 0.717) is 10.8 Å². The molecule has 1 atom stereocenters. The molecule has 0 aromatic carbocycles. The Hall–Kier alpha value is -1.03. The summed E-state index contributed by atoms with van der Waals surface area (Å²) in [5, 5.41) is 9.97. The summed E-state index contributed by atoms with van der Waals surface area (Å²) < 4.78 is 0. The lowest BCUT2D eigenvalue weighted by Crippen LogP contribution is -2.20. The van der Waals surface area contributed by atoms with Crippen molar-refractivity contribution in [3.63, 3.8) is 0 Å². The van der Waals surface area contributed by atoms with Gasteiger partial charge in [0.15, 0.2) is 0 Å². The summed E-state index contributed by atoms with van der Waals surface area (Å²) >= 11 is 1.38. The summed E-state index contributed by atoms with van der Waals surface area (Å²) in [6, 6.07) is 3.63. The Morgan fingerprint density at radius 1 is 1.56 bits per heavy atom. The molecule has 0 saturated carbocycles. The van der Waals surface area contributed by atoms with E-state index in [9.17, 15) is 4.79 Å². The van der Waals surface area contributed by atoms with Crippen molar-refractivity contribution < 1.29 is 9.90 Å². The average molecular weight is 239 g/mol. The summed E-state index contributed by atoms with van der Waals surface area (Å²) in [5.74, 6) is 0.634. The lowest BCUT2D eigenvalue weighted by atomic mass is 9.95. The molecule has 1 aromatic heterocycles. The van der Waals surface area contributed by atoms with Gasteiger partial charge in [0.2, 0.25) is 0 Å². The van der Waals surface area contributed by atoms with Crippen molar-refractivity contribution in [2.24, 2.45) is 11.8 Å². The first-order chi connectivity index (χ1) is 7.58. The Morgan fingerprint density at radius 2 is 2.31 bits per heavy atom. The summed E-state index contributed by atoms with van der Waals surface area (Å²) in [6.07, 6.45) is 1.22. The molecule has 0 amide bonds. The monoisotopic (exact) mass is 239 g/mol. The first-order valence-electron chi connectivity index (χ1n) is 5.66. The molecule has 1 fully saturated rings. The highest BCUT2D eigenvalue weighted by Crippen LogP contribution is 2.32. The fourth-order valence-electron chi connectivity index (χ4n) is 2.14. The molecule has 1 aliphatic rings. The van der Waals surface area contributed by atoms with Gasteiger partial charge in [-0.15, -0.1) is 11.3 Å². The van der Waals surface area contributed by atoms with Gasteiger partial charge in [-0.3, -0.25) is 0 Å². The van der Waals surface area contributed by atoms with Crippen molar-refractivity contribution in [2.75, 3.05) is 18.0 Å².